The molecule has 0 aromatic heterocycles. The summed E-state index contributed by atoms with van der Waals surface area (Å²) in [5, 5.41) is 9.32. The SMILES string of the molecule is CC(=O)O[C@@H]1CC(=C/C=C2\CCC[C@]3(C)C([C@H](C)CC#CC(O)(C(F)(F)F)C(F)(F)F)=CC[C@@H]23)C[C@@H](OC(C)=O)C1. The third-order valence-electron chi connectivity index (χ3n) is 8.34. The lowest BCUT2D eigenvalue weighted by molar-refractivity contribution is -0.343. The number of fused-ring (bicyclic) bond motifs is 1. The number of ether oxygens (including phenoxy) is 2. The summed E-state index contributed by atoms with van der Waals surface area (Å²) in [6.07, 6.45) is -2.33. The van der Waals surface area contributed by atoms with Crippen molar-refractivity contribution in [3.63, 3.8) is 0 Å². The van der Waals surface area contributed by atoms with Crippen LogP contribution in [0.5, 0.6) is 0 Å². The van der Waals surface area contributed by atoms with Crippen LogP contribution in [-0.4, -0.2) is 47.2 Å². The molecule has 5 atom stereocenters. The summed E-state index contributed by atoms with van der Waals surface area (Å²) < 4.78 is 88.6. The lowest BCUT2D eigenvalue weighted by Gasteiger charge is -2.42. The Labute approximate surface area is 236 Å². The van der Waals surface area contributed by atoms with Crippen molar-refractivity contribution in [3.8, 4) is 11.8 Å². The number of carbonyl (C=O) groups excluding carboxylic acids is 2. The van der Waals surface area contributed by atoms with E-state index in [-0.39, 0.29) is 17.8 Å². The maximum Gasteiger partial charge on any atom is 0.438 e. The number of aliphatic hydroxyl groups is 1. The second-order valence-electron chi connectivity index (χ2n) is 11.5. The lowest BCUT2D eigenvalue weighted by Crippen LogP contribution is -2.55. The van der Waals surface area contributed by atoms with E-state index in [1.807, 2.05) is 24.1 Å². The number of rotatable bonds is 5. The second-order valence-corrected chi connectivity index (χ2v) is 11.5. The number of alkyl halides is 6. The van der Waals surface area contributed by atoms with Crippen LogP contribution >= 0.6 is 0 Å². The smallest absolute Gasteiger partial charge is 0.438 e. The van der Waals surface area contributed by atoms with Crippen LogP contribution in [0.3, 0.4) is 0 Å². The first-order chi connectivity index (χ1) is 18.9. The molecule has 3 aliphatic rings. The number of hydrogen-bond acceptors (Lipinski definition) is 5. The molecule has 0 aromatic carbocycles. The van der Waals surface area contributed by atoms with Crippen molar-refractivity contribution >= 4 is 11.9 Å². The maximum absolute atomic E-state index is 13.0. The average Bonchev–Trinajstić information content (AvgIpc) is 3.17. The molecular weight excluding hydrogens is 554 g/mol. The molecule has 0 saturated heterocycles. The second kappa shape index (κ2) is 12.2. The molecule has 0 heterocycles. The van der Waals surface area contributed by atoms with Crippen molar-refractivity contribution in [2.24, 2.45) is 17.3 Å². The van der Waals surface area contributed by atoms with E-state index in [0.29, 0.717) is 25.7 Å². The maximum atomic E-state index is 13.0. The molecule has 0 aromatic rings. The van der Waals surface area contributed by atoms with Crippen LogP contribution in [0.1, 0.15) is 79.1 Å². The summed E-state index contributed by atoms with van der Waals surface area (Å²) in [7, 11) is 0. The third kappa shape index (κ3) is 7.37. The minimum atomic E-state index is -5.97. The molecule has 41 heavy (non-hydrogen) atoms. The number of esters is 2. The molecule has 2 fully saturated rings. The van der Waals surface area contributed by atoms with Crippen molar-refractivity contribution in [1.29, 1.82) is 0 Å². The van der Waals surface area contributed by atoms with Crippen molar-refractivity contribution < 1.29 is 50.5 Å². The van der Waals surface area contributed by atoms with Gasteiger partial charge in [-0.25, -0.2) is 0 Å². The summed E-state index contributed by atoms with van der Waals surface area (Å²) in [5.41, 5.74) is -2.31. The molecule has 0 unspecified atom stereocenters. The molecule has 5 nitrogen and oxygen atoms in total. The van der Waals surface area contributed by atoms with Gasteiger partial charge in [-0.05, 0) is 48.9 Å². The van der Waals surface area contributed by atoms with E-state index >= 15 is 0 Å². The monoisotopic (exact) mass is 590 g/mol. The summed E-state index contributed by atoms with van der Waals surface area (Å²) in [6.45, 7) is 6.44. The molecule has 0 spiro atoms. The molecule has 3 aliphatic carbocycles. The van der Waals surface area contributed by atoms with E-state index < -0.39 is 48.0 Å². The largest absolute Gasteiger partial charge is 0.462 e. The number of hydrogen-bond donors (Lipinski definition) is 1. The van der Waals surface area contributed by atoms with Crippen LogP contribution in [0.4, 0.5) is 26.3 Å². The Balaban J connectivity index is 1.77. The van der Waals surface area contributed by atoms with Gasteiger partial charge in [0.2, 0.25) is 0 Å². The first kappa shape index (κ1) is 32.8. The first-order valence-electron chi connectivity index (χ1n) is 13.7. The standard InChI is InChI=1S/C30H36F6O5/c1-18(7-5-14-28(39,29(31,32)33)30(34,35)36)25-11-12-26-22(8-6-13-27(25,26)4)10-9-21-15-23(40-19(2)37)17-24(16-21)41-20(3)38/h9-11,18,23-24,26,39H,6-8,12-13,15-17H2,1-4H3/b22-10+/t18-,23-,24-,26+,27-/m1/s1. The molecule has 0 aliphatic heterocycles. The minimum absolute atomic E-state index is 0.109. The van der Waals surface area contributed by atoms with Gasteiger partial charge in [0.25, 0.3) is 0 Å². The molecule has 11 heteroatoms. The van der Waals surface area contributed by atoms with E-state index in [9.17, 15) is 41.0 Å². The number of halogens is 6. The van der Waals surface area contributed by atoms with Crippen LogP contribution in [0.25, 0.3) is 0 Å². The quantitative estimate of drug-likeness (QED) is 0.163. The van der Waals surface area contributed by atoms with E-state index in [4.69, 9.17) is 9.47 Å². The fourth-order valence-electron chi connectivity index (χ4n) is 6.50. The minimum Gasteiger partial charge on any atom is -0.462 e. The predicted octanol–water partition coefficient (Wildman–Crippen LogP) is 6.91. The van der Waals surface area contributed by atoms with Gasteiger partial charge in [0.1, 0.15) is 12.2 Å². The Morgan fingerprint density at radius 1 is 1.07 bits per heavy atom. The fourth-order valence-corrected chi connectivity index (χ4v) is 6.50. The highest BCUT2D eigenvalue weighted by Gasteiger charge is 2.70. The number of allylic oxidation sites excluding steroid dienone is 5. The molecule has 0 radical (unpaired) electrons. The van der Waals surface area contributed by atoms with Gasteiger partial charge < -0.3 is 14.6 Å². The van der Waals surface area contributed by atoms with Crippen LogP contribution in [0, 0.1) is 29.1 Å². The third-order valence-corrected chi connectivity index (χ3v) is 8.34. The van der Waals surface area contributed by atoms with Crippen LogP contribution < -0.4 is 0 Å². The topological polar surface area (TPSA) is 72.8 Å². The van der Waals surface area contributed by atoms with Crippen molar-refractivity contribution in [1.82, 2.24) is 0 Å². The fraction of sp³-hybridized carbons (Fsp3) is 0.667. The molecular formula is C30H36F6O5. The van der Waals surface area contributed by atoms with Gasteiger partial charge in [-0.2, -0.15) is 26.3 Å². The Morgan fingerprint density at radius 2 is 1.63 bits per heavy atom. The Kier molecular flexibility index (Phi) is 9.78. The Hall–Kier alpha value is -2.74. The highest BCUT2D eigenvalue weighted by molar-refractivity contribution is 5.67. The highest BCUT2D eigenvalue weighted by Crippen LogP contribution is 2.57. The van der Waals surface area contributed by atoms with Crippen LogP contribution in [0.2, 0.25) is 0 Å². The molecule has 0 bridgehead atoms. The molecule has 228 valence electrons. The van der Waals surface area contributed by atoms with Gasteiger partial charge in [0.05, 0.1) is 0 Å². The average molecular weight is 591 g/mol. The van der Waals surface area contributed by atoms with Crippen molar-refractivity contribution in [3.05, 3.63) is 34.9 Å². The lowest BCUT2D eigenvalue weighted by atomic mass is 9.62. The summed E-state index contributed by atoms with van der Waals surface area (Å²) >= 11 is 0. The van der Waals surface area contributed by atoms with Crippen molar-refractivity contribution in [2.45, 2.75) is 109 Å². The van der Waals surface area contributed by atoms with Gasteiger partial charge in [-0.15, -0.1) is 0 Å². The molecule has 3 rings (SSSR count). The van der Waals surface area contributed by atoms with E-state index in [1.165, 1.54) is 19.4 Å². The van der Waals surface area contributed by atoms with Gasteiger partial charge in [0, 0.05) is 39.5 Å². The van der Waals surface area contributed by atoms with E-state index in [2.05, 4.69) is 6.92 Å². The molecule has 0 amide bonds. The Bertz CT molecular complexity index is 1130. The summed E-state index contributed by atoms with van der Waals surface area (Å²) in [5.74, 6) is 1.90. The van der Waals surface area contributed by atoms with Crippen molar-refractivity contribution in [2.75, 3.05) is 0 Å². The normalized spacial score (nSPS) is 28.7. The van der Waals surface area contributed by atoms with Crippen LogP contribution in [-0.2, 0) is 19.1 Å². The van der Waals surface area contributed by atoms with Gasteiger partial charge in [-0.3, -0.25) is 9.59 Å². The Morgan fingerprint density at radius 3 is 2.15 bits per heavy atom. The first-order valence-corrected chi connectivity index (χ1v) is 13.7. The van der Waals surface area contributed by atoms with Gasteiger partial charge in [0.15, 0.2) is 0 Å². The highest BCUT2D eigenvalue weighted by atomic mass is 19.4. The van der Waals surface area contributed by atoms with E-state index in [0.717, 1.165) is 36.3 Å². The summed E-state index contributed by atoms with van der Waals surface area (Å²) in [6, 6.07) is 0. The molecule has 2 saturated carbocycles. The molecule has 1 N–H and O–H groups in total. The van der Waals surface area contributed by atoms with Gasteiger partial charge >= 0.3 is 29.9 Å². The van der Waals surface area contributed by atoms with E-state index in [1.54, 1.807) is 6.92 Å². The zero-order chi connectivity index (χ0) is 30.8. The van der Waals surface area contributed by atoms with Crippen LogP contribution in [0.15, 0.2) is 34.9 Å². The van der Waals surface area contributed by atoms with Gasteiger partial charge in [-0.1, -0.05) is 54.7 Å². The summed E-state index contributed by atoms with van der Waals surface area (Å²) in [4.78, 5) is 23.0. The predicted molar refractivity (Wildman–Crippen MR) is 138 cm³/mol. The number of carbonyl (C=O) groups is 2. The zero-order valence-corrected chi connectivity index (χ0v) is 23.5. The zero-order valence-electron chi connectivity index (χ0n) is 23.5.